The van der Waals surface area contributed by atoms with E-state index in [1.165, 1.54) is 35.6 Å². The fraction of sp³-hybridized carbons (Fsp3) is 0.522. The molecule has 0 saturated carbocycles. The molecule has 0 bridgehead atoms. The van der Waals surface area contributed by atoms with Gasteiger partial charge in [0.2, 0.25) is 0 Å². The van der Waals surface area contributed by atoms with Crippen LogP contribution in [0.5, 0.6) is 0 Å². The lowest BCUT2D eigenvalue weighted by Crippen LogP contribution is -2.33. The average molecular weight is 341 g/mol. The van der Waals surface area contributed by atoms with Gasteiger partial charge in [-0.3, -0.25) is 0 Å². The molecule has 0 spiro atoms. The first-order valence-corrected chi connectivity index (χ1v) is 9.25. The van der Waals surface area contributed by atoms with Crippen molar-refractivity contribution >= 4 is 5.97 Å². The Kier molecular flexibility index (Phi) is 5.61. The fourth-order valence-corrected chi connectivity index (χ4v) is 3.75. The molecular formula is C23H32O2. The summed E-state index contributed by atoms with van der Waals surface area (Å²) in [5.41, 5.74) is 5.62. The molecule has 1 aromatic carbocycles. The summed E-state index contributed by atoms with van der Waals surface area (Å²) in [5.74, 6) is -0.477. The van der Waals surface area contributed by atoms with Gasteiger partial charge in [0.15, 0.2) is 0 Å². The maximum Gasteiger partial charge on any atom is 0.328 e. The van der Waals surface area contributed by atoms with Gasteiger partial charge in [-0.1, -0.05) is 65.0 Å². The minimum absolute atomic E-state index is 0.233. The van der Waals surface area contributed by atoms with Gasteiger partial charge in [-0.2, -0.15) is 0 Å². The van der Waals surface area contributed by atoms with Gasteiger partial charge in [0.1, 0.15) is 0 Å². The first-order chi connectivity index (χ1) is 11.5. The third-order valence-corrected chi connectivity index (χ3v) is 5.67. The minimum Gasteiger partial charge on any atom is -0.478 e. The third kappa shape index (κ3) is 4.62. The molecule has 0 aliphatic heterocycles. The van der Waals surface area contributed by atoms with E-state index in [1.807, 2.05) is 13.0 Å². The summed E-state index contributed by atoms with van der Waals surface area (Å²) in [4.78, 5) is 10.7. The van der Waals surface area contributed by atoms with Crippen LogP contribution in [0.2, 0.25) is 0 Å². The van der Waals surface area contributed by atoms with Crippen LogP contribution in [-0.4, -0.2) is 11.1 Å². The number of allylic oxidation sites excluding steroid dienone is 3. The van der Waals surface area contributed by atoms with Crippen molar-refractivity contribution in [1.82, 2.24) is 0 Å². The first-order valence-electron chi connectivity index (χ1n) is 9.25. The molecule has 1 aromatic rings. The molecular weight excluding hydrogens is 308 g/mol. The second kappa shape index (κ2) is 7.19. The Morgan fingerprint density at radius 2 is 1.76 bits per heavy atom. The molecule has 2 rings (SSSR count). The zero-order chi connectivity index (χ0) is 18.8. The Morgan fingerprint density at radius 1 is 1.16 bits per heavy atom. The number of rotatable bonds is 5. The van der Waals surface area contributed by atoms with Crippen molar-refractivity contribution in [1.29, 1.82) is 0 Å². The lowest BCUT2D eigenvalue weighted by Gasteiger charge is -2.42. The second-order valence-corrected chi connectivity index (χ2v) is 8.84. The molecule has 25 heavy (non-hydrogen) atoms. The molecule has 0 saturated heterocycles. The summed E-state index contributed by atoms with van der Waals surface area (Å²) >= 11 is 0. The van der Waals surface area contributed by atoms with E-state index >= 15 is 0 Å². The second-order valence-electron chi connectivity index (χ2n) is 8.84. The molecule has 0 amide bonds. The number of hydrogen-bond donors (Lipinski definition) is 1. The number of carboxylic acid groups (broad SMARTS) is 1. The summed E-state index contributed by atoms with van der Waals surface area (Å²) in [6.45, 7) is 13.5. The van der Waals surface area contributed by atoms with E-state index in [0.717, 1.165) is 12.0 Å². The molecule has 1 atom stereocenters. The standard InChI is InChI=1S/C23H32O2/c1-16(14-21(24)25)8-7-9-17(2)18-10-11-19-20(15-18)23(5,6)13-12-22(19,3)4/h7-8,10-11,14-15,17H,9,12-13H2,1-6H3,(H,24,25)/b8-7+,16-14+. The molecule has 0 fully saturated rings. The number of benzene rings is 1. The largest absolute Gasteiger partial charge is 0.478 e. The number of aliphatic carboxylic acids is 1. The van der Waals surface area contributed by atoms with Crippen molar-refractivity contribution in [2.45, 2.75) is 77.6 Å². The van der Waals surface area contributed by atoms with Crippen LogP contribution in [0, 0.1) is 0 Å². The highest BCUT2D eigenvalue weighted by atomic mass is 16.4. The molecule has 1 aliphatic carbocycles. The van der Waals surface area contributed by atoms with Crippen LogP contribution in [-0.2, 0) is 15.6 Å². The maximum absolute atomic E-state index is 10.7. The zero-order valence-electron chi connectivity index (χ0n) is 16.5. The topological polar surface area (TPSA) is 37.3 Å². The van der Waals surface area contributed by atoms with Gasteiger partial charge in [-0.05, 0) is 65.2 Å². The monoisotopic (exact) mass is 340 g/mol. The predicted molar refractivity (Wildman–Crippen MR) is 105 cm³/mol. The normalized spacial score (nSPS) is 20.3. The van der Waals surface area contributed by atoms with Crippen LogP contribution >= 0.6 is 0 Å². The predicted octanol–water partition coefficient (Wildman–Crippen LogP) is 6.12. The van der Waals surface area contributed by atoms with Crippen LogP contribution in [0.1, 0.15) is 83.4 Å². The molecule has 0 heterocycles. The Balaban J connectivity index is 2.21. The maximum atomic E-state index is 10.7. The van der Waals surface area contributed by atoms with E-state index in [2.05, 4.69) is 58.9 Å². The average Bonchev–Trinajstić information content (AvgIpc) is 2.51. The number of carboxylic acids is 1. The number of fused-ring (bicyclic) bond motifs is 1. The smallest absolute Gasteiger partial charge is 0.328 e. The van der Waals surface area contributed by atoms with Crippen LogP contribution in [0.15, 0.2) is 42.0 Å². The Morgan fingerprint density at radius 3 is 2.36 bits per heavy atom. The highest BCUT2D eigenvalue weighted by Crippen LogP contribution is 2.46. The van der Waals surface area contributed by atoms with E-state index in [0.29, 0.717) is 5.92 Å². The van der Waals surface area contributed by atoms with Gasteiger partial charge in [-0.25, -0.2) is 4.79 Å². The third-order valence-electron chi connectivity index (χ3n) is 5.67. The quantitative estimate of drug-likeness (QED) is 0.518. The summed E-state index contributed by atoms with van der Waals surface area (Å²) in [6, 6.07) is 7.02. The summed E-state index contributed by atoms with van der Waals surface area (Å²) in [6.07, 6.45) is 8.59. The lowest BCUT2D eigenvalue weighted by molar-refractivity contribution is -0.131. The molecule has 136 valence electrons. The summed E-state index contributed by atoms with van der Waals surface area (Å²) < 4.78 is 0. The summed E-state index contributed by atoms with van der Waals surface area (Å²) in [7, 11) is 0. The van der Waals surface area contributed by atoms with Gasteiger partial charge in [0.25, 0.3) is 0 Å². The first kappa shape index (κ1) is 19.5. The minimum atomic E-state index is -0.894. The molecule has 1 aliphatic rings. The van der Waals surface area contributed by atoms with E-state index in [1.54, 1.807) is 0 Å². The van der Waals surface area contributed by atoms with E-state index in [-0.39, 0.29) is 10.8 Å². The fourth-order valence-electron chi connectivity index (χ4n) is 3.75. The van der Waals surface area contributed by atoms with Crippen molar-refractivity contribution in [2.24, 2.45) is 0 Å². The van der Waals surface area contributed by atoms with Gasteiger partial charge in [0.05, 0.1) is 0 Å². The van der Waals surface area contributed by atoms with Crippen molar-refractivity contribution in [3.05, 3.63) is 58.7 Å². The van der Waals surface area contributed by atoms with Crippen molar-refractivity contribution < 1.29 is 9.90 Å². The van der Waals surface area contributed by atoms with E-state index < -0.39 is 5.97 Å². The van der Waals surface area contributed by atoms with E-state index in [9.17, 15) is 4.79 Å². The van der Waals surface area contributed by atoms with Crippen molar-refractivity contribution in [2.75, 3.05) is 0 Å². The lowest BCUT2D eigenvalue weighted by atomic mass is 9.62. The van der Waals surface area contributed by atoms with Crippen molar-refractivity contribution in [3.63, 3.8) is 0 Å². The van der Waals surface area contributed by atoms with E-state index in [4.69, 9.17) is 5.11 Å². The van der Waals surface area contributed by atoms with Crippen LogP contribution in [0.4, 0.5) is 0 Å². The highest BCUT2D eigenvalue weighted by Gasteiger charge is 2.37. The van der Waals surface area contributed by atoms with Crippen LogP contribution in [0.3, 0.4) is 0 Å². The van der Waals surface area contributed by atoms with Gasteiger partial charge in [-0.15, -0.1) is 0 Å². The summed E-state index contributed by atoms with van der Waals surface area (Å²) in [5, 5.41) is 8.76. The Labute approximate surface area is 152 Å². The highest BCUT2D eigenvalue weighted by molar-refractivity contribution is 5.81. The van der Waals surface area contributed by atoms with Crippen molar-refractivity contribution in [3.8, 4) is 0 Å². The van der Waals surface area contributed by atoms with Gasteiger partial charge in [0, 0.05) is 6.08 Å². The molecule has 2 heteroatoms. The van der Waals surface area contributed by atoms with Gasteiger partial charge >= 0.3 is 5.97 Å². The van der Waals surface area contributed by atoms with Crippen LogP contribution < -0.4 is 0 Å². The Bertz CT molecular complexity index is 705. The molecule has 1 N–H and O–H groups in total. The molecule has 1 unspecified atom stereocenters. The number of hydrogen-bond acceptors (Lipinski definition) is 1. The zero-order valence-corrected chi connectivity index (χ0v) is 16.5. The SMILES string of the molecule is CC(/C=C/CC(C)c1ccc2c(c1)C(C)(C)CCC2(C)C)=C\C(=O)O. The Hall–Kier alpha value is -1.83. The van der Waals surface area contributed by atoms with Crippen LogP contribution in [0.25, 0.3) is 0 Å². The van der Waals surface area contributed by atoms with Gasteiger partial charge < -0.3 is 5.11 Å². The number of carbonyl (C=O) groups is 1. The molecule has 0 aromatic heterocycles. The molecule has 0 radical (unpaired) electrons. The molecule has 2 nitrogen and oxygen atoms in total.